The van der Waals surface area contributed by atoms with Crippen LogP contribution in [0.1, 0.15) is 177 Å². The highest BCUT2D eigenvalue weighted by Crippen LogP contribution is 2.23. The molecule has 0 radical (unpaired) electrons. The first-order valence-electron chi connectivity index (χ1n) is 22.9. The van der Waals surface area contributed by atoms with Crippen molar-refractivity contribution in [2.75, 3.05) is 0 Å². The third-order valence-electron chi connectivity index (χ3n) is 8.43. The number of rotatable bonds is 0. The molecule has 67 heavy (non-hydrogen) atoms. The molecule has 376 valence electrons. The largest absolute Gasteiger partial charge is 0.365 e. The molecule has 8 nitrogen and oxygen atoms in total. The van der Waals surface area contributed by atoms with Gasteiger partial charge in [-0.1, -0.05) is 140 Å². The molecule has 0 saturated carbocycles. The maximum Gasteiger partial charge on any atom is 0.0978 e. The van der Waals surface area contributed by atoms with E-state index in [1.807, 2.05) is 120 Å². The van der Waals surface area contributed by atoms with Gasteiger partial charge in [0.05, 0.1) is 16.9 Å². The summed E-state index contributed by atoms with van der Waals surface area (Å²) in [5.41, 5.74) is 3.67. The van der Waals surface area contributed by atoms with Gasteiger partial charge in [-0.15, -0.1) is 11.3 Å². The van der Waals surface area contributed by atoms with Gasteiger partial charge in [-0.05, 0) is 111 Å². The minimum Gasteiger partial charge on any atom is -0.365 e. The van der Waals surface area contributed by atoms with Crippen LogP contribution in [-0.4, -0.2) is 38.9 Å². The normalized spacial score (nSPS) is 11.0. The van der Waals surface area contributed by atoms with Gasteiger partial charge in [0.15, 0.2) is 0 Å². The zero-order chi connectivity index (χ0) is 50.0. The molecule has 9 heteroatoms. The number of aromatic amines is 1. The van der Waals surface area contributed by atoms with E-state index in [-0.39, 0.29) is 47.7 Å². The van der Waals surface area contributed by atoms with Crippen molar-refractivity contribution < 1.29 is 0 Å². The van der Waals surface area contributed by atoms with Crippen molar-refractivity contribution in [1.82, 2.24) is 38.9 Å². The predicted octanol–water partition coefficient (Wildman–Crippen LogP) is 17.3. The van der Waals surface area contributed by atoms with Crippen molar-refractivity contribution in [3.63, 3.8) is 0 Å². The average molecular weight is 940 g/mol. The molecule has 1 aromatic carbocycles. The van der Waals surface area contributed by atoms with E-state index in [2.05, 4.69) is 204 Å². The van der Waals surface area contributed by atoms with E-state index in [9.17, 15) is 0 Å². The van der Waals surface area contributed by atoms with Gasteiger partial charge in [-0.2, -0.15) is 5.10 Å². The van der Waals surface area contributed by atoms with Crippen LogP contribution in [-0.2, 0) is 32.9 Å². The lowest BCUT2D eigenvalue weighted by Gasteiger charge is -2.20. The second-order valence-electron chi connectivity index (χ2n) is 22.3. The van der Waals surface area contributed by atoms with Gasteiger partial charge in [-0.25, -0.2) is 9.97 Å². The molecule has 6 heterocycles. The standard InChI is InChI=1S/C9H13N.2C8H13N.2C7H12N2.C7H11NS.C6H6.C4H10.2CH4/c1-9(2,3)8-6-4-5-7-10-8;1-8(2,3)9-6-4-5-7-9;1-8(2,3)7-5-4-6-9-7;1-7(2,3)9-5-4-8-6-9;1-7(2,3)9-6-4-5-8-9;1-7(2,3)6-8-4-5-9-6;1-2-4-6-5-3-1;1-4(2)3;;/h4-7H,1-3H3;4-7H,1-3H3;4-6,9H,1-3H3;2*4-6H,1-3H3;4-5H,1-3H3;1-6H;4H,1-3H3;2*1H4. The van der Waals surface area contributed by atoms with E-state index in [1.165, 1.54) is 10.7 Å². The molecule has 0 aliphatic heterocycles. The van der Waals surface area contributed by atoms with E-state index >= 15 is 0 Å². The van der Waals surface area contributed by atoms with Crippen LogP contribution in [0.15, 0.2) is 152 Å². The number of imidazole rings is 1. The molecule has 0 bridgehead atoms. The van der Waals surface area contributed by atoms with Gasteiger partial charge < -0.3 is 14.1 Å². The highest BCUT2D eigenvalue weighted by molar-refractivity contribution is 7.09. The van der Waals surface area contributed by atoms with E-state index in [4.69, 9.17) is 0 Å². The van der Waals surface area contributed by atoms with Crippen molar-refractivity contribution in [3.05, 3.63) is 169 Å². The Morgan fingerprint density at radius 2 is 1.00 bits per heavy atom. The van der Waals surface area contributed by atoms with Gasteiger partial charge >= 0.3 is 0 Å². The van der Waals surface area contributed by atoms with Gasteiger partial charge in [0.1, 0.15) is 0 Å². The quantitative estimate of drug-likeness (QED) is 0.164. The smallest absolute Gasteiger partial charge is 0.0978 e. The fourth-order valence-corrected chi connectivity index (χ4v) is 5.41. The Bertz CT molecular complexity index is 1750. The van der Waals surface area contributed by atoms with E-state index in [1.54, 1.807) is 23.7 Å². The first-order valence-corrected chi connectivity index (χ1v) is 23.8. The second kappa shape index (κ2) is 31.9. The predicted molar refractivity (Wildman–Crippen MR) is 298 cm³/mol. The summed E-state index contributed by atoms with van der Waals surface area (Å²) < 4.78 is 6.20. The first-order chi connectivity index (χ1) is 29.9. The lowest BCUT2D eigenvalue weighted by molar-refractivity contribution is 0.355. The number of nitrogens with one attached hydrogen (secondary N) is 1. The summed E-state index contributed by atoms with van der Waals surface area (Å²) in [6.07, 6.45) is 19.2. The second-order valence-corrected chi connectivity index (χ2v) is 23.2. The number of hydrogen-bond donors (Lipinski definition) is 1. The maximum absolute atomic E-state index is 4.25. The summed E-state index contributed by atoms with van der Waals surface area (Å²) in [4.78, 5) is 15.6. The Hall–Kier alpha value is -5.02. The lowest BCUT2D eigenvalue weighted by Crippen LogP contribution is -2.21. The van der Waals surface area contributed by atoms with Crippen LogP contribution in [0.3, 0.4) is 0 Å². The average Bonchev–Trinajstić information content (AvgIpc) is 4.05. The summed E-state index contributed by atoms with van der Waals surface area (Å²) in [5, 5.41) is 7.33. The maximum atomic E-state index is 4.25. The van der Waals surface area contributed by atoms with Gasteiger partial charge in [0.2, 0.25) is 0 Å². The number of aromatic nitrogens is 8. The molecule has 0 unspecified atom stereocenters. The summed E-state index contributed by atoms with van der Waals surface area (Å²) in [5.74, 6) is 0.833. The highest BCUT2D eigenvalue weighted by Gasteiger charge is 2.16. The lowest BCUT2D eigenvalue weighted by atomic mass is 9.92. The topological polar surface area (TPSA) is 82.1 Å². The van der Waals surface area contributed by atoms with Crippen LogP contribution in [0.4, 0.5) is 0 Å². The van der Waals surface area contributed by atoms with Crippen molar-refractivity contribution in [1.29, 1.82) is 0 Å². The Morgan fingerprint density at radius 3 is 1.21 bits per heavy atom. The first kappa shape index (κ1) is 66.3. The van der Waals surface area contributed by atoms with Crippen LogP contribution in [0.25, 0.3) is 0 Å². The van der Waals surface area contributed by atoms with E-state index in [0.717, 1.165) is 11.6 Å². The Labute approximate surface area is 416 Å². The monoisotopic (exact) mass is 939 g/mol. The van der Waals surface area contributed by atoms with Gasteiger partial charge in [-0.3, -0.25) is 9.67 Å². The number of benzene rings is 1. The van der Waals surface area contributed by atoms with Crippen LogP contribution >= 0.6 is 11.3 Å². The van der Waals surface area contributed by atoms with Gasteiger partial charge in [0, 0.05) is 99.9 Å². The minimum atomic E-state index is 0. The van der Waals surface area contributed by atoms with Crippen LogP contribution in [0.2, 0.25) is 0 Å². The molecule has 7 aromatic rings. The zero-order valence-electron chi connectivity index (χ0n) is 44.5. The molecule has 0 spiro atoms. The molecule has 0 saturated heterocycles. The molecule has 0 amide bonds. The number of nitrogens with zero attached hydrogens (tertiary/aromatic N) is 7. The summed E-state index contributed by atoms with van der Waals surface area (Å²) in [6, 6.07) is 28.2. The Kier molecular flexibility index (Phi) is 31.5. The Balaban J connectivity index is -0.000000702. The molecular weight excluding hydrogens is 841 g/mol. The number of pyridine rings is 1. The molecular formula is C58H98N8S. The van der Waals surface area contributed by atoms with Crippen molar-refractivity contribution in [3.8, 4) is 0 Å². The molecule has 1 N–H and O–H groups in total. The molecule has 0 aliphatic rings. The molecule has 0 atom stereocenters. The SMILES string of the molecule is C.C.CC(C)(C)c1ccc[nH]1.CC(C)(C)c1ccccn1.CC(C)(C)c1nccs1.CC(C)(C)n1cccc1.CC(C)(C)n1cccn1.CC(C)(C)n1ccnc1.CC(C)C.c1ccccc1. The Morgan fingerprint density at radius 1 is 0.478 bits per heavy atom. The number of hydrogen-bond acceptors (Lipinski definition) is 5. The summed E-state index contributed by atoms with van der Waals surface area (Å²) in [6.45, 7) is 45.5. The minimum absolute atomic E-state index is 0. The van der Waals surface area contributed by atoms with Crippen LogP contribution in [0, 0.1) is 5.92 Å². The van der Waals surface area contributed by atoms with E-state index in [0.29, 0.717) is 0 Å². The molecule has 6 aromatic heterocycles. The van der Waals surface area contributed by atoms with Crippen LogP contribution in [0.5, 0.6) is 0 Å². The van der Waals surface area contributed by atoms with Crippen molar-refractivity contribution in [2.24, 2.45) is 5.92 Å². The van der Waals surface area contributed by atoms with Crippen molar-refractivity contribution >= 4 is 11.3 Å². The summed E-state index contributed by atoms with van der Waals surface area (Å²) in [7, 11) is 0. The fraction of sp³-hybridized carbons (Fsp3) is 0.517. The third-order valence-corrected chi connectivity index (χ3v) is 9.63. The van der Waals surface area contributed by atoms with Crippen molar-refractivity contribution in [2.45, 2.75) is 193 Å². The third kappa shape index (κ3) is 33.2. The molecule has 0 aliphatic carbocycles. The molecule has 7 rings (SSSR count). The number of H-pyrrole nitrogens is 1. The zero-order valence-corrected chi connectivity index (χ0v) is 45.4. The highest BCUT2D eigenvalue weighted by atomic mass is 32.1. The fourth-order valence-electron chi connectivity index (χ4n) is 4.69. The summed E-state index contributed by atoms with van der Waals surface area (Å²) >= 11 is 1.72. The molecule has 0 fully saturated rings. The van der Waals surface area contributed by atoms with Gasteiger partial charge in [0.25, 0.3) is 0 Å². The number of thiazole rings is 1. The van der Waals surface area contributed by atoms with E-state index < -0.39 is 0 Å². The van der Waals surface area contributed by atoms with Crippen LogP contribution < -0.4 is 0 Å².